The molecule has 0 radical (unpaired) electrons. The summed E-state index contributed by atoms with van der Waals surface area (Å²) in [6, 6.07) is 47.0. The first-order valence-corrected chi connectivity index (χ1v) is 15.3. The van der Waals surface area contributed by atoms with Gasteiger partial charge in [-0.05, 0) is 59.3 Å². The van der Waals surface area contributed by atoms with Crippen LogP contribution >= 0.6 is 0 Å². The lowest BCUT2D eigenvalue weighted by molar-refractivity contribution is 0.999. The van der Waals surface area contributed by atoms with E-state index in [-0.39, 0.29) is 0 Å². The normalized spacial score (nSPS) is 11.9. The van der Waals surface area contributed by atoms with E-state index in [2.05, 4.69) is 142 Å². The molecule has 0 amide bonds. The molecule has 0 unspecified atom stereocenters. The third-order valence-corrected chi connectivity index (χ3v) is 9.02. The summed E-state index contributed by atoms with van der Waals surface area (Å²) in [6.07, 6.45) is 3.40. The van der Waals surface area contributed by atoms with Crippen LogP contribution in [0.3, 0.4) is 0 Å². The summed E-state index contributed by atoms with van der Waals surface area (Å²) >= 11 is 0. The minimum absolute atomic E-state index is 0.557. The molecule has 6 nitrogen and oxygen atoms in total. The Morgan fingerprint density at radius 3 is 1.87 bits per heavy atom. The van der Waals surface area contributed by atoms with Crippen LogP contribution in [0.1, 0.15) is 0 Å². The fourth-order valence-electron chi connectivity index (χ4n) is 7.00. The molecule has 214 valence electrons. The van der Waals surface area contributed by atoms with Crippen LogP contribution < -0.4 is 0 Å². The molecule has 4 heterocycles. The number of hydrogen-bond donors (Lipinski definition) is 0. The largest absolute Gasteiger partial charge is 0.309 e. The maximum Gasteiger partial charge on any atom is 0.237 e. The van der Waals surface area contributed by atoms with E-state index in [1.807, 2.05) is 6.07 Å². The summed E-state index contributed by atoms with van der Waals surface area (Å²) in [6.45, 7) is 0. The molecule has 0 saturated carbocycles. The third-order valence-electron chi connectivity index (χ3n) is 9.02. The van der Waals surface area contributed by atoms with Gasteiger partial charge in [-0.1, -0.05) is 84.9 Å². The van der Waals surface area contributed by atoms with E-state index in [4.69, 9.17) is 15.0 Å². The van der Waals surface area contributed by atoms with Gasteiger partial charge in [-0.2, -0.15) is 4.98 Å². The topological polar surface area (TPSA) is 61.4 Å². The monoisotopic (exact) mass is 588 g/mol. The van der Waals surface area contributed by atoms with Crippen LogP contribution in [0.15, 0.2) is 146 Å². The summed E-state index contributed by atoms with van der Waals surface area (Å²) in [5, 5.41) is 7.02. The van der Waals surface area contributed by atoms with Crippen LogP contribution in [0.5, 0.6) is 0 Å². The van der Waals surface area contributed by atoms with E-state index < -0.39 is 0 Å². The van der Waals surface area contributed by atoms with Crippen molar-refractivity contribution in [1.82, 2.24) is 29.1 Å². The SMILES string of the molecule is c1ccc(-n2c3ccccc3c3cc(-c4nc(-n5c6ccccc6c6cc7ccccc7cc65)nc5nccnc45)ccc32)cc1. The summed E-state index contributed by atoms with van der Waals surface area (Å²) in [7, 11) is 0. The zero-order valence-corrected chi connectivity index (χ0v) is 24.5. The Bertz CT molecular complexity index is 2810. The van der Waals surface area contributed by atoms with Crippen LogP contribution in [0.2, 0.25) is 0 Å². The Kier molecular flexibility index (Phi) is 5.19. The summed E-state index contributed by atoms with van der Waals surface area (Å²) < 4.78 is 4.48. The molecule has 0 spiro atoms. The highest BCUT2D eigenvalue weighted by Crippen LogP contribution is 2.37. The minimum Gasteiger partial charge on any atom is -0.309 e. The Morgan fingerprint density at radius 1 is 0.435 bits per heavy atom. The molecule has 0 N–H and O–H groups in total. The fraction of sp³-hybridized carbons (Fsp3) is 0. The fourth-order valence-corrected chi connectivity index (χ4v) is 7.00. The summed E-state index contributed by atoms with van der Waals surface area (Å²) in [5.74, 6) is 0.566. The van der Waals surface area contributed by atoms with E-state index >= 15 is 0 Å². The Balaban J connectivity index is 1.27. The number of hydrogen-bond acceptors (Lipinski definition) is 4. The number of para-hydroxylation sites is 3. The molecule has 0 fully saturated rings. The number of benzene rings is 6. The highest BCUT2D eigenvalue weighted by molar-refractivity contribution is 6.14. The van der Waals surface area contributed by atoms with E-state index in [1.165, 1.54) is 16.2 Å². The predicted octanol–water partition coefficient (Wildman–Crippen LogP) is 9.43. The molecule has 10 rings (SSSR count). The quantitative estimate of drug-likeness (QED) is 0.206. The van der Waals surface area contributed by atoms with Gasteiger partial charge in [-0.3, -0.25) is 4.57 Å². The Morgan fingerprint density at radius 2 is 1.07 bits per heavy atom. The lowest BCUT2D eigenvalue weighted by Crippen LogP contribution is -2.05. The van der Waals surface area contributed by atoms with Crippen molar-refractivity contribution in [2.24, 2.45) is 0 Å². The first-order chi connectivity index (χ1) is 22.8. The molecule has 4 aromatic heterocycles. The first kappa shape index (κ1) is 25.0. The van der Waals surface area contributed by atoms with Crippen molar-refractivity contribution in [1.29, 1.82) is 0 Å². The Labute approximate surface area is 262 Å². The van der Waals surface area contributed by atoms with Crippen LogP contribution in [0.25, 0.3) is 88.4 Å². The maximum absolute atomic E-state index is 5.29. The molecule has 0 aliphatic carbocycles. The van der Waals surface area contributed by atoms with Crippen LogP contribution in [0, 0.1) is 0 Å². The average Bonchev–Trinajstić information content (AvgIpc) is 3.62. The molecule has 0 bridgehead atoms. The summed E-state index contributed by atoms with van der Waals surface area (Å²) in [4.78, 5) is 19.7. The van der Waals surface area contributed by atoms with E-state index in [1.54, 1.807) is 12.4 Å². The molecule has 10 aromatic rings. The van der Waals surface area contributed by atoms with Crippen LogP contribution in [-0.4, -0.2) is 29.1 Å². The predicted molar refractivity (Wildman–Crippen MR) is 187 cm³/mol. The van der Waals surface area contributed by atoms with Gasteiger partial charge >= 0.3 is 0 Å². The summed E-state index contributed by atoms with van der Waals surface area (Å²) in [5.41, 5.74) is 8.45. The zero-order valence-electron chi connectivity index (χ0n) is 24.5. The highest BCUT2D eigenvalue weighted by Gasteiger charge is 2.20. The lowest BCUT2D eigenvalue weighted by Gasteiger charge is -2.11. The van der Waals surface area contributed by atoms with Gasteiger partial charge in [0.15, 0.2) is 5.65 Å². The van der Waals surface area contributed by atoms with E-state index in [0.29, 0.717) is 17.1 Å². The van der Waals surface area contributed by atoms with E-state index in [9.17, 15) is 0 Å². The Hall–Kier alpha value is -6.40. The van der Waals surface area contributed by atoms with Crippen molar-refractivity contribution in [2.75, 3.05) is 0 Å². The molecule has 6 aromatic carbocycles. The first-order valence-electron chi connectivity index (χ1n) is 15.3. The average molecular weight is 589 g/mol. The molecule has 46 heavy (non-hydrogen) atoms. The second-order valence-corrected chi connectivity index (χ2v) is 11.6. The second-order valence-electron chi connectivity index (χ2n) is 11.6. The number of fused-ring (bicyclic) bond motifs is 8. The van der Waals surface area contributed by atoms with Crippen molar-refractivity contribution >= 4 is 65.5 Å². The van der Waals surface area contributed by atoms with Crippen LogP contribution in [0.4, 0.5) is 0 Å². The molecular formula is C40H24N6. The minimum atomic E-state index is 0.557. The third kappa shape index (κ3) is 3.58. The van der Waals surface area contributed by atoms with Gasteiger partial charge < -0.3 is 4.57 Å². The molecular weight excluding hydrogens is 564 g/mol. The number of rotatable bonds is 3. The van der Waals surface area contributed by atoms with Gasteiger partial charge in [0.1, 0.15) is 11.2 Å². The van der Waals surface area contributed by atoms with Gasteiger partial charge in [0.2, 0.25) is 5.95 Å². The molecule has 0 saturated heterocycles. The number of aromatic nitrogens is 6. The van der Waals surface area contributed by atoms with Crippen LogP contribution in [-0.2, 0) is 0 Å². The van der Waals surface area contributed by atoms with E-state index in [0.717, 1.165) is 55.2 Å². The van der Waals surface area contributed by atoms with Gasteiger partial charge in [-0.25, -0.2) is 15.0 Å². The van der Waals surface area contributed by atoms with Crippen molar-refractivity contribution in [3.63, 3.8) is 0 Å². The molecule has 0 aliphatic heterocycles. The van der Waals surface area contributed by atoms with Gasteiger partial charge in [-0.15, -0.1) is 0 Å². The van der Waals surface area contributed by atoms with Crippen molar-refractivity contribution in [3.05, 3.63) is 146 Å². The lowest BCUT2D eigenvalue weighted by atomic mass is 10.1. The molecule has 0 atom stereocenters. The second kappa shape index (κ2) is 9.55. The molecule has 6 heteroatoms. The van der Waals surface area contributed by atoms with Gasteiger partial charge in [0.25, 0.3) is 0 Å². The molecule has 0 aliphatic rings. The van der Waals surface area contributed by atoms with Gasteiger partial charge in [0.05, 0.1) is 22.1 Å². The zero-order chi connectivity index (χ0) is 30.2. The van der Waals surface area contributed by atoms with Crippen molar-refractivity contribution in [2.45, 2.75) is 0 Å². The van der Waals surface area contributed by atoms with Crippen molar-refractivity contribution < 1.29 is 0 Å². The highest BCUT2D eigenvalue weighted by atomic mass is 15.2. The smallest absolute Gasteiger partial charge is 0.237 e. The van der Waals surface area contributed by atoms with Gasteiger partial charge in [0, 0.05) is 45.2 Å². The standard InChI is InChI=1S/C40H24N6/c1-2-12-28(13-3-1)45-33-16-8-6-14-29(33)31-23-27(18-19-35(31)45)37-38-39(42-21-20-41-38)44-40(43-37)46-34-17-9-7-15-30(34)32-22-25-10-4-5-11-26(25)24-36(32)46/h1-24H. The number of nitrogens with zero attached hydrogens (tertiary/aromatic N) is 6. The van der Waals surface area contributed by atoms with Crippen molar-refractivity contribution in [3.8, 4) is 22.9 Å². The maximum atomic E-state index is 5.29.